The van der Waals surface area contributed by atoms with E-state index in [0.717, 1.165) is 56.3 Å². The van der Waals surface area contributed by atoms with Gasteiger partial charge in [0.25, 0.3) is 5.56 Å². The van der Waals surface area contributed by atoms with Crippen LogP contribution in [0.5, 0.6) is 5.88 Å². The van der Waals surface area contributed by atoms with Crippen molar-refractivity contribution in [2.24, 2.45) is 0 Å². The number of carbonyl (C=O) groups is 1. The number of pyridine rings is 1. The van der Waals surface area contributed by atoms with Gasteiger partial charge < -0.3 is 35.2 Å². The van der Waals surface area contributed by atoms with E-state index in [9.17, 15) is 24.8 Å². The van der Waals surface area contributed by atoms with Crippen molar-refractivity contribution in [3.8, 4) is 5.88 Å². The fourth-order valence-corrected chi connectivity index (χ4v) is 7.36. The second-order valence-electron chi connectivity index (χ2n) is 13.4. The van der Waals surface area contributed by atoms with Crippen molar-refractivity contribution in [2.45, 2.75) is 80.6 Å². The Balaban J connectivity index is 1.84. The quantitative estimate of drug-likeness (QED) is 0.0663. The van der Waals surface area contributed by atoms with Crippen LogP contribution >= 0.6 is 0 Å². The number of aliphatic hydroxyl groups excluding tert-OH is 1. The summed E-state index contributed by atoms with van der Waals surface area (Å²) in [5.41, 5.74) is 9.90. The lowest BCUT2D eigenvalue weighted by Crippen LogP contribution is -2.32. The molecule has 0 fully saturated rings. The van der Waals surface area contributed by atoms with Gasteiger partial charge in [-0.1, -0.05) is 6.92 Å². The number of aromatic hydroxyl groups is 1. The molecule has 0 aromatic carbocycles. The summed E-state index contributed by atoms with van der Waals surface area (Å²) < 4.78 is 6.33. The molecule has 12 nitrogen and oxygen atoms in total. The van der Waals surface area contributed by atoms with E-state index >= 15 is 0 Å². The zero-order chi connectivity index (χ0) is 36.9. The minimum atomic E-state index is -0.718. The van der Waals surface area contributed by atoms with Crippen LogP contribution in [0.15, 0.2) is 23.0 Å². The minimum absolute atomic E-state index is 0.0774. The van der Waals surface area contributed by atoms with E-state index in [1.807, 2.05) is 39.0 Å². The summed E-state index contributed by atoms with van der Waals surface area (Å²) in [6.45, 7) is 13.7. The Hall–Kier alpha value is -5.14. The smallest absolute Gasteiger partial charge is 0.373 e. The van der Waals surface area contributed by atoms with Crippen molar-refractivity contribution in [1.82, 2.24) is 29.7 Å². The lowest BCUT2D eigenvalue weighted by atomic mass is 9.89. The van der Waals surface area contributed by atoms with Crippen LogP contribution < -0.4 is 16.0 Å². The number of esters is 1. The summed E-state index contributed by atoms with van der Waals surface area (Å²) in [5.74, 6) is -0.486. The number of aliphatic hydroxyl groups is 1. The van der Waals surface area contributed by atoms with Gasteiger partial charge in [-0.25, -0.2) is 9.97 Å². The molecule has 13 heteroatoms. The number of aryl methyl sites for hydroxylation is 4. The number of rotatable bonds is 9. The Kier molecular flexibility index (Phi) is 9.71. The number of aromatic amines is 2. The summed E-state index contributed by atoms with van der Waals surface area (Å²) in [7, 11) is 0.626. The van der Waals surface area contributed by atoms with E-state index in [1.54, 1.807) is 13.7 Å². The third kappa shape index (κ3) is 6.25. The van der Waals surface area contributed by atoms with Gasteiger partial charge in [0, 0.05) is 34.7 Å². The van der Waals surface area contributed by atoms with Crippen LogP contribution in [0.3, 0.4) is 0 Å². The number of nitrogens with zero attached hydrogens (tertiary/aromatic N) is 3. The van der Waals surface area contributed by atoms with Gasteiger partial charge in [0.15, 0.2) is 0 Å². The highest BCUT2D eigenvalue weighted by Crippen LogP contribution is 2.40. The summed E-state index contributed by atoms with van der Waals surface area (Å²) in [6, 6.07) is 5.85. The first-order valence-corrected chi connectivity index (χ1v) is 17.4. The molecular formula is C38H45BN6O6. The van der Waals surface area contributed by atoms with Crippen molar-refractivity contribution in [3.05, 3.63) is 67.4 Å². The van der Waals surface area contributed by atoms with Gasteiger partial charge in [-0.15, -0.1) is 0 Å². The third-order valence-corrected chi connectivity index (χ3v) is 10.1. The fraction of sp³-hybridized carbons (Fsp3) is 0.368. The predicted molar refractivity (Wildman–Crippen MR) is 204 cm³/mol. The van der Waals surface area contributed by atoms with Crippen molar-refractivity contribution in [2.75, 3.05) is 13.7 Å². The van der Waals surface area contributed by atoms with Crippen molar-refractivity contribution in [3.63, 3.8) is 0 Å². The molecule has 6 rings (SSSR count). The molecule has 51 heavy (non-hydrogen) atoms. The topological polar surface area (TPSA) is 178 Å². The molecule has 0 aliphatic carbocycles. The molecule has 5 aromatic rings. The Morgan fingerprint density at radius 1 is 1.00 bits per heavy atom. The van der Waals surface area contributed by atoms with Gasteiger partial charge >= 0.3 is 13.0 Å². The Labute approximate surface area is 295 Å². The van der Waals surface area contributed by atoms with Crippen molar-refractivity contribution < 1.29 is 24.8 Å². The average Bonchev–Trinajstić information content (AvgIpc) is 3.76. The number of nitrogens with one attached hydrogen (secondary N) is 3. The van der Waals surface area contributed by atoms with E-state index in [1.165, 1.54) is 11.7 Å². The molecule has 266 valence electrons. The van der Waals surface area contributed by atoms with Crippen LogP contribution in [0.25, 0.3) is 60.8 Å². The second kappa shape index (κ2) is 13.9. The molecule has 0 spiro atoms. The number of hydrogen-bond acceptors (Lipinski definition) is 9. The van der Waals surface area contributed by atoms with Gasteiger partial charge in [0.2, 0.25) is 5.88 Å². The normalized spacial score (nSPS) is 13.1. The monoisotopic (exact) mass is 692 g/mol. The van der Waals surface area contributed by atoms with Gasteiger partial charge in [-0.05, 0) is 119 Å². The van der Waals surface area contributed by atoms with E-state index in [2.05, 4.69) is 29.0 Å². The van der Waals surface area contributed by atoms with E-state index in [0.29, 0.717) is 56.9 Å². The Morgan fingerprint density at radius 2 is 1.71 bits per heavy atom. The molecule has 1 aliphatic heterocycles. The van der Waals surface area contributed by atoms with Crippen molar-refractivity contribution >= 4 is 73.8 Å². The summed E-state index contributed by atoms with van der Waals surface area (Å²) in [5, 5.41) is 36.9. The molecule has 6 N–H and O–H groups in total. The first kappa shape index (κ1) is 35.7. The SMILES string of the molecule is CCc1c(C)c2cc3[nH]c(cc4nc(c5c(O)n(CCCNB(C)O)c(=O)c6c(C)c(cc1[nH]2)nc56)C(CCC(=O)OC)=C4C)c(C)c3=C(C)O. The molecular weight excluding hydrogens is 647 g/mol. The predicted octanol–water partition coefficient (Wildman–Crippen LogP) is 5.48. The lowest BCUT2D eigenvalue weighted by molar-refractivity contribution is -0.140. The number of ether oxygens (including phenoxy) is 1. The maximum absolute atomic E-state index is 14.2. The number of allylic oxidation sites excluding steroid dienone is 2. The first-order chi connectivity index (χ1) is 24.3. The second-order valence-corrected chi connectivity index (χ2v) is 13.4. The van der Waals surface area contributed by atoms with E-state index < -0.39 is 7.05 Å². The highest BCUT2D eigenvalue weighted by Gasteiger charge is 2.27. The molecule has 6 heterocycles. The van der Waals surface area contributed by atoms with Crippen LogP contribution in [0.1, 0.15) is 73.7 Å². The zero-order valence-corrected chi connectivity index (χ0v) is 30.5. The Morgan fingerprint density at radius 3 is 2.37 bits per heavy atom. The standard InChI is InChI=1S/C38H45BN6O6/c1-9-23-18(2)25-17-30-32(22(6)46)20(4)27(42-30)15-26-19(3)24(11-12-31(47)51-8)35(43-26)34-36-33(21(5)28(44-36)16-29(23)41-25)37(48)45(38(34)49)14-10-13-40-39(7)50/h15-17,40-42,46,49-50H,9-14H2,1-8H3. The molecule has 0 atom stereocenters. The molecule has 0 saturated carbocycles. The van der Waals surface area contributed by atoms with Crippen molar-refractivity contribution in [1.29, 1.82) is 0 Å². The molecule has 8 bridgehead atoms. The fourth-order valence-electron chi connectivity index (χ4n) is 7.36. The van der Waals surface area contributed by atoms with Gasteiger partial charge in [0.1, 0.15) is 0 Å². The van der Waals surface area contributed by atoms with Crippen LogP contribution in [-0.2, 0) is 22.5 Å². The van der Waals surface area contributed by atoms with Crippen LogP contribution in [0.2, 0.25) is 6.82 Å². The van der Waals surface area contributed by atoms with E-state index in [4.69, 9.17) is 14.7 Å². The highest BCUT2D eigenvalue weighted by molar-refractivity contribution is 6.45. The van der Waals surface area contributed by atoms with Gasteiger partial charge in [0.05, 0.1) is 51.6 Å². The van der Waals surface area contributed by atoms with Gasteiger partial charge in [-0.3, -0.25) is 14.2 Å². The molecule has 1 aliphatic rings. The Bertz CT molecular complexity index is 2500. The van der Waals surface area contributed by atoms with E-state index in [-0.39, 0.29) is 42.6 Å². The summed E-state index contributed by atoms with van der Waals surface area (Å²) in [4.78, 5) is 43.9. The van der Waals surface area contributed by atoms with Crippen LogP contribution in [0.4, 0.5) is 0 Å². The van der Waals surface area contributed by atoms with Crippen LogP contribution in [0, 0.1) is 20.8 Å². The van der Waals surface area contributed by atoms with Crippen LogP contribution in [-0.4, -0.2) is 66.4 Å². The third-order valence-electron chi connectivity index (χ3n) is 10.1. The summed E-state index contributed by atoms with van der Waals surface area (Å²) in [6.07, 6.45) is 1.54. The number of hydrogen-bond donors (Lipinski definition) is 6. The molecule has 0 amide bonds. The number of H-pyrrole nitrogens is 2. The molecule has 0 radical (unpaired) electrons. The first-order valence-electron chi connectivity index (χ1n) is 17.4. The highest BCUT2D eigenvalue weighted by atomic mass is 16.5. The molecule has 0 saturated heterocycles. The zero-order valence-electron chi connectivity index (χ0n) is 30.5. The lowest BCUT2D eigenvalue weighted by Gasteiger charge is -2.13. The maximum atomic E-state index is 14.2. The molecule has 5 aromatic heterocycles. The average molecular weight is 693 g/mol. The summed E-state index contributed by atoms with van der Waals surface area (Å²) >= 11 is 0. The maximum Gasteiger partial charge on any atom is 0.373 e. The number of carbonyl (C=O) groups excluding carboxylic acids is 1. The minimum Gasteiger partial charge on any atom is -0.512 e. The molecule has 0 unspecified atom stereocenters. The number of fused-ring (bicyclic) bond motifs is 8. The number of aromatic nitrogens is 5. The number of methoxy groups -OCH3 is 1. The van der Waals surface area contributed by atoms with Gasteiger partial charge in [-0.2, -0.15) is 0 Å². The largest absolute Gasteiger partial charge is 0.512 e.